The van der Waals surface area contributed by atoms with Crippen LogP contribution in [0.3, 0.4) is 0 Å². The van der Waals surface area contributed by atoms with Crippen molar-refractivity contribution in [3.05, 3.63) is 98.1 Å². The first-order valence-corrected chi connectivity index (χ1v) is 16.9. The van der Waals surface area contributed by atoms with Crippen LogP contribution in [0.1, 0.15) is 0 Å². The highest BCUT2D eigenvalue weighted by atomic mass is 32.1. The number of nitrogens with zero attached hydrogens (tertiary/aromatic N) is 4. The fourth-order valence-electron chi connectivity index (χ4n) is 5.19. The van der Waals surface area contributed by atoms with Crippen LogP contribution in [0.25, 0.3) is 80.7 Å². The van der Waals surface area contributed by atoms with Gasteiger partial charge in [-0.3, -0.25) is 0 Å². The smallest absolute Gasteiger partial charge is 0.115 e. The summed E-state index contributed by atoms with van der Waals surface area (Å²) >= 11 is 9.22. The van der Waals surface area contributed by atoms with Gasteiger partial charge in [-0.15, -0.1) is 56.7 Å². The molecule has 9 heteroatoms. The molecular weight excluding hydrogens is 601 g/mol. The van der Waals surface area contributed by atoms with Gasteiger partial charge in [0, 0.05) is 94.7 Å². The van der Waals surface area contributed by atoms with Crippen molar-refractivity contribution >= 4 is 97.0 Å². The highest BCUT2D eigenvalue weighted by Crippen LogP contribution is 2.46. The molecule has 0 unspecified atom stereocenters. The molecule has 0 saturated carbocycles. The summed E-state index contributed by atoms with van der Waals surface area (Å²) < 4.78 is 5.36. The Hall–Kier alpha value is -3.86. The second kappa shape index (κ2) is 9.34. The van der Waals surface area contributed by atoms with E-state index in [4.69, 9.17) is 0 Å². The minimum atomic E-state index is 1.06. The van der Waals surface area contributed by atoms with Crippen molar-refractivity contribution in [1.82, 2.24) is 19.9 Å². The van der Waals surface area contributed by atoms with Crippen LogP contribution < -0.4 is 0 Å². The predicted octanol–water partition coefficient (Wildman–Crippen LogP) is 10.9. The minimum absolute atomic E-state index is 1.06. The fourth-order valence-corrected chi connectivity index (χ4v) is 10.8. The van der Waals surface area contributed by atoms with Crippen LogP contribution in [0.15, 0.2) is 98.1 Å². The molecule has 2 aromatic carbocycles. The first-order chi connectivity index (χ1) is 20.2. The standard InChI is InChI=1S/C32H16N4S5/c1-3-25(37-23(1)19-11-33-15-34-12-19)31-7-17-5-21-22-6-18-8-32(26-4-2-24(38-26)20-13-35-16-36-14-20)40-28(18)10-30(22)41-29(21)9-27(17)39-31/h1-16H. The molecule has 0 aliphatic rings. The van der Waals surface area contributed by atoms with E-state index in [1.54, 1.807) is 35.3 Å². The zero-order valence-corrected chi connectivity index (χ0v) is 25.2. The van der Waals surface area contributed by atoms with Gasteiger partial charge in [0.05, 0.1) is 0 Å². The molecule has 0 atom stereocenters. The summed E-state index contributed by atoms with van der Waals surface area (Å²) in [5, 5.41) is 5.29. The van der Waals surface area contributed by atoms with Gasteiger partial charge in [-0.2, -0.15) is 0 Å². The van der Waals surface area contributed by atoms with E-state index in [1.165, 1.54) is 69.6 Å². The Morgan fingerprint density at radius 2 is 0.805 bits per heavy atom. The van der Waals surface area contributed by atoms with Crippen molar-refractivity contribution in [3.8, 4) is 40.4 Å². The molecule has 0 saturated heterocycles. The summed E-state index contributed by atoms with van der Waals surface area (Å²) in [5.41, 5.74) is 2.12. The molecule has 7 aromatic heterocycles. The number of aromatic nitrogens is 4. The molecule has 0 fully saturated rings. The summed E-state index contributed by atoms with van der Waals surface area (Å²) in [7, 11) is 0. The third kappa shape index (κ3) is 4.04. The molecule has 7 heterocycles. The van der Waals surface area contributed by atoms with Gasteiger partial charge in [0.25, 0.3) is 0 Å². The van der Waals surface area contributed by atoms with E-state index in [0.717, 1.165) is 11.1 Å². The average Bonchev–Trinajstić information content (AvgIpc) is 3.84. The molecule has 9 aromatic rings. The van der Waals surface area contributed by atoms with E-state index >= 15 is 0 Å². The Morgan fingerprint density at radius 1 is 0.366 bits per heavy atom. The molecule has 0 aliphatic carbocycles. The molecular formula is C32H16N4S5. The number of hydrogen-bond acceptors (Lipinski definition) is 9. The van der Waals surface area contributed by atoms with Crippen molar-refractivity contribution in [2.75, 3.05) is 0 Å². The summed E-state index contributed by atoms with van der Waals surface area (Å²) in [4.78, 5) is 24.2. The lowest BCUT2D eigenvalue weighted by molar-refractivity contribution is 1.17. The van der Waals surface area contributed by atoms with Crippen LogP contribution in [0, 0.1) is 0 Å². The molecule has 0 aliphatic heterocycles. The molecule has 0 spiro atoms. The second-order valence-electron chi connectivity index (χ2n) is 9.68. The first-order valence-electron chi connectivity index (χ1n) is 12.8. The quantitative estimate of drug-likeness (QED) is 0.197. The van der Waals surface area contributed by atoms with Crippen molar-refractivity contribution in [2.45, 2.75) is 0 Å². The van der Waals surface area contributed by atoms with Crippen LogP contribution in [0.2, 0.25) is 0 Å². The van der Waals surface area contributed by atoms with E-state index in [9.17, 15) is 0 Å². The number of benzene rings is 2. The van der Waals surface area contributed by atoms with Gasteiger partial charge in [-0.1, -0.05) is 0 Å². The number of rotatable bonds is 4. The Morgan fingerprint density at radius 3 is 1.27 bits per heavy atom. The topological polar surface area (TPSA) is 51.6 Å². The predicted molar refractivity (Wildman–Crippen MR) is 179 cm³/mol. The van der Waals surface area contributed by atoms with Crippen molar-refractivity contribution in [2.24, 2.45) is 0 Å². The lowest BCUT2D eigenvalue weighted by Gasteiger charge is -1.94. The van der Waals surface area contributed by atoms with Crippen LogP contribution >= 0.6 is 56.7 Å². The van der Waals surface area contributed by atoms with Gasteiger partial charge in [-0.25, -0.2) is 19.9 Å². The van der Waals surface area contributed by atoms with Crippen molar-refractivity contribution in [3.63, 3.8) is 0 Å². The zero-order valence-electron chi connectivity index (χ0n) is 21.1. The lowest BCUT2D eigenvalue weighted by Crippen LogP contribution is -1.77. The summed E-state index contributed by atoms with van der Waals surface area (Å²) in [6.45, 7) is 0. The lowest BCUT2D eigenvalue weighted by atomic mass is 10.1. The molecule has 9 rings (SSSR count). The SMILES string of the molecule is c1ncc(-c2ccc(-c3cc4cc5c(cc4s3)sc3cc4sc(-c6ccc(-c7cncnc7)s6)cc4cc35)s2)cn1. The molecule has 0 amide bonds. The normalized spacial score (nSPS) is 11.9. The van der Waals surface area contributed by atoms with E-state index in [1.807, 2.05) is 58.8 Å². The summed E-state index contributed by atoms with van der Waals surface area (Å²) in [6, 6.07) is 23.0. The molecule has 0 bridgehead atoms. The first kappa shape index (κ1) is 23.8. The van der Waals surface area contributed by atoms with Crippen LogP contribution in [-0.2, 0) is 0 Å². The van der Waals surface area contributed by atoms with Crippen molar-refractivity contribution in [1.29, 1.82) is 0 Å². The van der Waals surface area contributed by atoms with Crippen LogP contribution in [-0.4, -0.2) is 19.9 Å². The van der Waals surface area contributed by atoms with E-state index < -0.39 is 0 Å². The minimum Gasteiger partial charge on any atom is -0.244 e. The maximum atomic E-state index is 4.17. The largest absolute Gasteiger partial charge is 0.244 e. The Bertz CT molecular complexity index is 2210. The summed E-state index contributed by atoms with van der Waals surface area (Å²) in [5.74, 6) is 0. The highest BCUT2D eigenvalue weighted by molar-refractivity contribution is 7.29. The highest BCUT2D eigenvalue weighted by Gasteiger charge is 2.15. The number of fused-ring (bicyclic) bond motifs is 5. The van der Waals surface area contributed by atoms with Gasteiger partial charge >= 0.3 is 0 Å². The Balaban J connectivity index is 1.10. The van der Waals surface area contributed by atoms with Crippen molar-refractivity contribution < 1.29 is 0 Å². The van der Waals surface area contributed by atoms with E-state index in [2.05, 4.69) is 80.6 Å². The third-order valence-corrected chi connectivity index (χ3v) is 13.1. The monoisotopic (exact) mass is 616 g/mol. The molecule has 194 valence electrons. The van der Waals surface area contributed by atoms with Gasteiger partial charge in [0.2, 0.25) is 0 Å². The second-order valence-corrected chi connectivity index (χ2v) is 15.1. The van der Waals surface area contributed by atoms with Gasteiger partial charge in [0.1, 0.15) is 12.7 Å². The Labute approximate surface area is 253 Å². The van der Waals surface area contributed by atoms with Gasteiger partial charge in [-0.05, 0) is 71.4 Å². The molecule has 4 nitrogen and oxygen atoms in total. The number of thiophene rings is 5. The van der Waals surface area contributed by atoms with Crippen LogP contribution in [0.5, 0.6) is 0 Å². The molecule has 41 heavy (non-hydrogen) atoms. The van der Waals surface area contributed by atoms with E-state index in [0.29, 0.717) is 0 Å². The zero-order chi connectivity index (χ0) is 26.9. The van der Waals surface area contributed by atoms with Crippen LogP contribution in [0.4, 0.5) is 0 Å². The maximum absolute atomic E-state index is 4.17. The third-order valence-electron chi connectivity index (χ3n) is 7.13. The van der Waals surface area contributed by atoms with E-state index in [-0.39, 0.29) is 0 Å². The average molecular weight is 617 g/mol. The Kier molecular flexibility index (Phi) is 5.42. The number of hydrogen-bond donors (Lipinski definition) is 0. The van der Waals surface area contributed by atoms with Gasteiger partial charge < -0.3 is 0 Å². The van der Waals surface area contributed by atoms with Gasteiger partial charge in [0.15, 0.2) is 0 Å². The maximum Gasteiger partial charge on any atom is 0.115 e. The molecule has 0 N–H and O–H groups in total. The summed E-state index contributed by atoms with van der Waals surface area (Å²) in [6.07, 6.45) is 10.6. The molecule has 0 radical (unpaired) electrons. The fraction of sp³-hybridized carbons (Fsp3) is 0.